The van der Waals surface area contributed by atoms with Crippen LogP contribution in [0.1, 0.15) is 24.2 Å². The van der Waals surface area contributed by atoms with Crippen molar-refractivity contribution < 1.29 is 27.5 Å². The molecule has 0 saturated heterocycles. The van der Waals surface area contributed by atoms with Gasteiger partial charge < -0.3 is 14.5 Å². The van der Waals surface area contributed by atoms with E-state index in [1.165, 1.54) is 18.2 Å². The van der Waals surface area contributed by atoms with Crippen LogP contribution < -0.4 is 9.80 Å². The molecule has 5 nitrogen and oxygen atoms in total. The second-order valence-corrected chi connectivity index (χ2v) is 5.02. The minimum Gasteiger partial charge on any atom is -0.449 e. The Labute approximate surface area is 144 Å². The predicted octanol–water partition coefficient (Wildman–Crippen LogP) is 2.85. The molecule has 136 valence electrons. The number of hydrogen-bond donors (Lipinski definition) is 0. The third-order valence-electron chi connectivity index (χ3n) is 3.53. The summed E-state index contributed by atoms with van der Waals surface area (Å²) in [4.78, 5) is 25.9. The van der Waals surface area contributed by atoms with Crippen LogP contribution in [-0.2, 0) is 9.53 Å². The molecule has 0 N–H and O–H groups in total. The van der Waals surface area contributed by atoms with E-state index < -0.39 is 18.1 Å². The largest absolute Gasteiger partial charge is 0.471 e. The molecule has 0 unspecified atom stereocenters. The van der Waals surface area contributed by atoms with E-state index in [4.69, 9.17) is 11.2 Å². The van der Waals surface area contributed by atoms with Gasteiger partial charge in [-0.1, -0.05) is 5.92 Å². The maximum atomic E-state index is 12.6. The summed E-state index contributed by atoms with van der Waals surface area (Å²) in [5.74, 6) is -0.654. The van der Waals surface area contributed by atoms with E-state index >= 15 is 0 Å². The maximum Gasteiger partial charge on any atom is 0.471 e. The summed E-state index contributed by atoms with van der Waals surface area (Å²) in [5, 5.41) is 0. The summed E-state index contributed by atoms with van der Waals surface area (Å²) in [6, 6.07) is 4.01. The smallest absolute Gasteiger partial charge is 0.449 e. The molecule has 0 heterocycles. The number of nitrogens with zero attached hydrogens (tertiary/aromatic N) is 2. The zero-order valence-electron chi connectivity index (χ0n) is 14.2. The van der Waals surface area contributed by atoms with Crippen LogP contribution in [0.3, 0.4) is 0 Å². The van der Waals surface area contributed by atoms with Crippen LogP contribution in [0.4, 0.5) is 24.5 Å². The number of ether oxygens (including phenoxy) is 1. The van der Waals surface area contributed by atoms with Gasteiger partial charge in [-0.15, -0.1) is 6.42 Å². The van der Waals surface area contributed by atoms with E-state index in [-0.39, 0.29) is 17.9 Å². The van der Waals surface area contributed by atoms with Crippen molar-refractivity contribution in [2.75, 3.05) is 36.5 Å². The Morgan fingerprint density at radius 1 is 1.24 bits per heavy atom. The second-order valence-electron chi connectivity index (χ2n) is 5.02. The van der Waals surface area contributed by atoms with Gasteiger partial charge in [0.25, 0.3) is 0 Å². The lowest BCUT2D eigenvalue weighted by molar-refractivity contribution is -0.170. The molecule has 0 atom stereocenters. The van der Waals surface area contributed by atoms with Crippen LogP contribution in [0.5, 0.6) is 0 Å². The lowest BCUT2D eigenvalue weighted by Crippen LogP contribution is -2.38. The molecule has 1 rings (SSSR count). The molecule has 1 amide bonds. The number of terminal acetylenes is 1. The molecule has 0 aliphatic carbocycles. The number of anilines is 2. The van der Waals surface area contributed by atoms with Crippen LogP contribution in [-0.4, -0.2) is 44.8 Å². The first-order valence-electron chi connectivity index (χ1n) is 7.51. The summed E-state index contributed by atoms with van der Waals surface area (Å²) in [6.07, 6.45) is 0.0379. The minimum atomic E-state index is -5.02. The molecule has 0 aliphatic heterocycles. The number of carbonyl (C=O) groups is 2. The molecule has 25 heavy (non-hydrogen) atoms. The highest BCUT2D eigenvalue weighted by molar-refractivity contribution is 6.01. The lowest BCUT2D eigenvalue weighted by atomic mass is 10.1. The Balaban J connectivity index is 3.35. The van der Waals surface area contributed by atoms with Gasteiger partial charge in [0.15, 0.2) is 6.61 Å². The summed E-state index contributed by atoms with van der Waals surface area (Å²) >= 11 is 0. The van der Waals surface area contributed by atoms with Gasteiger partial charge in [0.1, 0.15) is 0 Å². The fraction of sp³-hybridized carbons (Fsp3) is 0.412. The van der Waals surface area contributed by atoms with Crippen molar-refractivity contribution in [3.05, 3.63) is 23.8 Å². The lowest BCUT2D eigenvalue weighted by Gasteiger charge is -2.25. The zero-order valence-corrected chi connectivity index (χ0v) is 14.2. The number of benzene rings is 1. The Bertz CT molecular complexity index is 677. The van der Waals surface area contributed by atoms with Crippen molar-refractivity contribution in [3.8, 4) is 12.3 Å². The molecule has 0 fully saturated rings. The number of carbonyl (C=O) groups excluding carboxylic acids is 2. The topological polar surface area (TPSA) is 49.9 Å². The van der Waals surface area contributed by atoms with Crippen LogP contribution in [0.15, 0.2) is 18.2 Å². The third kappa shape index (κ3) is 4.89. The number of halogens is 3. The summed E-state index contributed by atoms with van der Waals surface area (Å²) in [7, 11) is 0.985. The van der Waals surface area contributed by atoms with E-state index in [0.29, 0.717) is 23.7 Å². The normalized spacial score (nSPS) is 10.8. The molecule has 1 aromatic carbocycles. The van der Waals surface area contributed by atoms with Crippen molar-refractivity contribution in [3.63, 3.8) is 0 Å². The molecule has 0 aromatic heterocycles. The Kier molecular flexibility index (Phi) is 6.86. The van der Waals surface area contributed by atoms with Gasteiger partial charge >= 0.3 is 18.1 Å². The van der Waals surface area contributed by atoms with E-state index in [2.05, 4.69) is 5.92 Å². The van der Waals surface area contributed by atoms with Crippen molar-refractivity contribution >= 4 is 23.3 Å². The highest BCUT2D eigenvalue weighted by Crippen LogP contribution is 2.29. The molecule has 0 bridgehead atoms. The van der Waals surface area contributed by atoms with Gasteiger partial charge in [-0.2, -0.15) is 13.2 Å². The molecular weight excluding hydrogens is 337 g/mol. The number of hydrogen-bond acceptors (Lipinski definition) is 4. The van der Waals surface area contributed by atoms with Crippen LogP contribution >= 0.6 is 0 Å². The van der Waals surface area contributed by atoms with Crippen LogP contribution in [0.2, 0.25) is 0 Å². The molecular formula is C17H19F3N2O3. The molecule has 8 heteroatoms. The predicted molar refractivity (Wildman–Crippen MR) is 88.6 cm³/mol. The first-order chi connectivity index (χ1) is 11.7. The number of esters is 1. The number of rotatable bonds is 6. The van der Waals surface area contributed by atoms with E-state index in [0.717, 1.165) is 7.05 Å². The van der Waals surface area contributed by atoms with Crippen molar-refractivity contribution in [1.82, 2.24) is 0 Å². The quantitative estimate of drug-likeness (QED) is 0.581. The maximum absolute atomic E-state index is 12.6. The fourth-order valence-electron chi connectivity index (χ4n) is 2.23. The Morgan fingerprint density at radius 3 is 2.32 bits per heavy atom. The van der Waals surface area contributed by atoms with Gasteiger partial charge in [-0.05, 0) is 32.0 Å². The molecule has 1 aromatic rings. The van der Waals surface area contributed by atoms with E-state index in [1.807, 2.05) is 18.7 Å². The summed E-state index contributed by atoms with van der Waals surface area (Å²) in [6.45, 7) is 4.61. The SMILES string of the molecule is C#CCOC(=O)c1cc(N(C)C(=O)C(F)(F)F)ccc1N(CC)CC. The molecule has 0 aliphatic rings. The average Bonchev–Trinajstić information content (AvgIpc) is 2.58. The van der Waals surface area contributed by atoms with Gasteiger partial charge in [-0.3, -0.25) is 4.79 Å². The summed E-state index contributed by atoms with van der Waals surface area (Å²) in [5.41, 5.74) is 0.452. The van der Waals surface area contributed by atoms with Gasteiger partial charge in [-0.25, -0.2) is 4.79 Å². The minimum absolute atomic E-state index is 0.0401. The van der Waals surface area contributed by atoms with Crippen LogP contribution in [0.25, 0.3) is 0 Å². The average molecular weight is 356 g/mol. The van der Waals surface area contributed by atoms with Crippen molar-refractivity contribution in [1.29, 1.82) is 0 Å². The zero-order chi connectivity index (χ0) is 19.2. The summed E-state index contributed by atoms with van der Waals surface area (Å²) < 4.78 is 42.7. The van der Waals surface area contributed by atoms with Gasteiger partial charge in [0.2, 0.25) is 0 Å². The molecule has 0 radical (unpaired) electrons. The highest BCUT2D eigenvalue weighted by atomic mass is 19.4. The van der Waals surface area contributed by atoms with Gasteiger partial charge in [0, 0.05) is 25.8 Å². The van der Waals surface area contributed by atoms with E-state index in [1.54, 1.807) is 0 Å². The standard InChI is InChI=1S/C17H19F3N2O3/c1-5-10-25-15(23)13-11-12(21(4)16(24)17(18,19)20)8-9-14(13)22(6-2)7-3/h1,8-9,11H,6-7,10H2,2-4H3. The first kappa shape index (κ1) is 20.4. The fourth-order valence-corrected chi connectivity index (χ4v) is 2.23. The third-order valence-corrected chi connectivity index (χ3v) is 3.53. The Morgan fingerprint density at radius 2 is 1.84 bits per heavy atom. The monoisotopic (exact) mass is 356 g/mol. The first-order valence-corrected chi connectivity index (χ1v) is 7.51. The Hall–Kier alpha value is -2.69. The van der Waals surface area contributed by atoms with Gasteiger partial charge in [0.05, 0.1) is 11.3 Å². The van der Waals surface area contributed by atoms with Crippen molar-refractivity contribution in [2.24, 2.45) is 0 Å². The van der Waals surface area contributed by atoms with E-state index in [9.17, 15) is 22.8 Å². The van der Waals surface area contributed by atoms with Crippen LogP contribution in [0, 0.1) is 12.3 Å². The number of amides is 1. The number of alkyl halides is 3. The highest BCUT2D eigenvalue weighted by Gasteiger charge is 2.41. The second kappa shape index (κ2) is 8.42. The molecule has 0 saturated carbocycles. The van der Waals surface area contributed by atoms with Crippen molar-refractivity contribution in [2.45, 2.75) is 20.0 Å². The molecule has 0 spiro atoms.